The van der Waals surface area contributed by atoms with Crippen LogP contribution in [0.4, 0.5) is 0 Å². The maximum atomic E-state index is 6.56. The summed E-state index contributed by atoms with van der Waals surface area (Å²) in [5, 5.41) is 5.58. The third-order valence-electron chi connectivity index (χ3n) is 7.62. The zero-order valence-electron chi connectivity index (χ0n) is 23.0. The van der Waals surface area contributed by atoms with Crippen LogP contribution >= 0.6 is 0 Å². The van der Waals surface area contributed by atoms with Gasteiger partial charge in [0.2, 0.25) is 0 Å². The van der Waals surface area contributed by atoms with E-state index in [9.17, 15) is 0 Å². The molecule has 4 aromatic rings. The Morgan fingerprint density at radius 1 is 0.821 bits per heavy atom. The summed E-state index contributed by atoms with van der Waals surface area (Å²) in [6.07, 6.45) is 4.36. The number of hydrogen-bond donors (Lipinski definition) is 1. The average Bonchev–Trinajstić information content (AvgIpc) is 3.00. The molecule has 4 aromatic carbocycles. The van der Waals surface area contributed by atoms with Gasteiger partial charge in [-0.25, -0.2) is 0 Å². The van der Waals surface area contributed by atoms with E-state index in [0.717, 1.165) is 79.0 Å². The molecule has 5 nitrogen and oxygen atoms in total. The smallest absolute Gasteiger partial charge is 0.132 e. The van der Waals surface area contributed by atoms with E-state index in [1.54, 1.807) is 14.2 Å². The Bertz CT molecular complexity index is 1320. The Labute approximate surface area is 232 Å². The summed E-state index contributed by atoms with van der Waals surface area (Å²) < 4.78 is 24.1. The van der Waals surface area contributed by atoms with Crippen LogP contribution in [0, 0.1) is 0 Å². The van der Waals surface area contributed by atoms with Gasteiger partial charge in [-0.1, -0.05) is 66.7 Å². The number of piperidine rings is 1. The molecule has 1 saturated heterocycles. The zero-order chi connectivity index (χ0) is 26.9. The maximum absolute atomic E-state index is 6.56. The number of fused-ring (bicyclic) bond motifs is 1. The molecule has 0 amide bonds. The van der Waals surface area contributed by atoms with Crippen LogP contribution in [-0.4, -0.2) is 40.0 Å². The van der Waals surface area contributed by atoms with Gasteiger partial charge in [0.25, 0.3) is 0 Å². The van der Waals surface area contributed by atoms with Crippen LogP contribution in [0.5, 0.6) is 17.2 Å². The summed E-state index contributed by atoms with van der Waals surface area (Å²) in [6.45, 7) is 2.99. The second kappa shape index (κ2) is 13.5. The Hall–Kier alpha value is -3.54. The highest BCUT2D eigenvalue weighted by Crippen LogP contribution is 2.38. The normalized spacial score (nSPS) is 17.2. The second-order valence-electron chi connectivity index (χ2n) is 10.1. The van der Waals surface area contributed by atoms with Crippen LogP contribution in [0.15, 0.2) is 84.9 Å². The highest BCUT2D eigenvalue weighted by Gasteiger charge is 2.28. The number of methoxy groups -OCH3 is 2. The lowest BCUT2D eigenvalue weighted by Gasteiger charge is -2.33. The van der Waals surface area contributed by atoms with Crippen molar-refractivity contribution in [2.75, 3.05) is 33.9 Å². The standard InChI is InChI=1S/C34H39NO4/c1-36-32-22-27(34(37-2)31-14-7-6-13-30(31)32)24-39-33-23-35-20-19-29(33)26-15-17-28(18-16-26)38-21-9-8-12-25-10-4-3-5-11-25/h3-7,10-11,13-18,22,29,33,35H,8-9,12,19-21,23-24H2,1-2H3. The molecule has 2 unspecified atom stereocenters. The van der Waals surface area contributed by atoms with Gasteiger partial charge in [-0.15, -0.1) is 0 Å². The zero-order valence-corrected chi connectivity index (χ0v) is 23.0. The molecular weight excluding hydrogens is 486 g/mol. The van der Waals surface area contributed by atoms with Gasteiger partial charge in [-0.3, -0.25) is 0 Å². The molecule has 0 radical (unpaired) electrons. The van der Waals surface area contributed by atoms with Crippen LogP contribution in [0.25, 0.3) is 10.8 Å². The fourth-order valence-electron chi connectivity index (χ4n) is 5.55. The molecule has 2 atom stereocenters. The van der Waals surface area contributed by atoms with E-state index in [0.29, 0.717) is 12.5 Å². The van der Waals surface area contributed by atoms with Crippen LogP contribution in [0.2, 0.25) is 0 Å². The van der Waals surface area contributed by atoms with Gasteiger partial charge in [-0.2, -0.15) is 0 Å². The Kier molecular flexibility index (Phi) is 9.36. The molecule has 1 N–H and O–H groups in total. The summed E-state index contributed by atoms with van der Waals surface area (Å²) in [5.41, 5.74) is 3.67. The third kappa shape index (κ3) is 6.73. The van der Waals surface area contributed by atoms with Gasteiger partial charge in [-0.05, 0) is 61.6 Å². The highest BCUT2D eigenvalue weighted by atomic mass is 16.5. The Morgan fingerprint density at radius 2 is 1.59 bits per heavy atom. The minimum Gasteiger partial charge on any atom is -0.496 e. The van der Waals surface area contributed by atoms with Crippen molar-refractivity contribution in [2.24, 2.45) is 0 Å². The minimum atomic E-state index is 0.0608. The van der Waals surface area contributed by atoms with Crippen molar-refractivity contribution in [1.82, 2.24) is 5.32 Å². The maximum Gasteiger partial charge on any atom is 0.132 e. The fraction of sp³-hybridized carbons (Fsp3) is 0.353. The number of hydrogen-bond acceptors (Lipinski definition) is 5. The lowest BCUT2D eigenvalue weighted by molar-refractivity contribution is 0.00983. The summed E-state index contributed by atoms with van der Waals surface area (Å²) in [6, 6.07) is 29.4. The molecule has 1 fully saturated rings. The van der Waals surface area contributed by atoms with Gasteiger partial charge in [0, 0.05) is 28.8 Å². The molecule has 1 heterocycles. The topological polar surface area (TPSA) is 49.0 Å². The lowest BCUT2D eigenvalue weighted by atomic mass is 9.87. The van der Waals surface area contributed by atoms with E-state index >= 15 is 0 Å². The van der Waals surface area contributed by atoms with Gasteiger partial charge in [0.1, 0.15) is 17.2 Å². The number of aryl methyl sites for hydroxylation is 1. The van der Waals surface area contributed by atoms with E-state index in [1.807, 2.05) is 18.2 Å². The molecule has 1 aliphatic rings. The van der Waals surface area contributed by atoms with Crippen molar-refractivity contribution in [3.8, 4) is 17.2 Å². The summed E-state index contributed by atoms with van der Waals surface area (Å²) in [7, 11) is 3.42. The highest BCUT2D eigenvalue weighted by molar-refractivity contribution is 5.94. The van der Waals surface area contributed by atoms with Crippen LogP contribution in [0.1, 0.15) is 41.9 Å². The molecule has 0 spiro atoms. The summed E-state index contributed by atoms with van der Waals surface area (Å²) >= 11 is 0. The van der Waals surface area contributed by atoms with Crippen molar-refractivity contribution in [3.63, 3.8) is 0 Å². The van der Waals surface area contributed by atoms with Crippen molar-refractivity contribution >= 4 is 10.8 Å². The number of ether oxygens (including phenoxy) is 4. The van der Waals surface area contributed by atoms with Crippen molar-refractivity contribution in [1.29, 1.82) is 0 Å². The predicted molar refractivity (Wildman–Crippen MR) is 157 cm³/mol. The summed E-state index contributed by atoms with van der Waals surface area (Å²) in [5.74, 6) is 2.92. The largest absolute Gasteiger partial charge is 0.496 e. The monoisotopic (exact) mass is 525 g/mol. The number of rotatable bonds is 12. The van der Waals surface area contributed by atoms with Gasteiger partial charge in [0.05, 0.1) is 33.5 Å². The predicted octanol–water partition coefficient (Wildman–Crippen LogP) is 6.92. The van der Waals surface area contributed by atoms with E-state index in [2.05, 4.69) is 72.0 Å². The second-order valence-corrected chi connectivity index (χ2v) is 10.1. The molecule has 0 aromatic heterocycles. The van der Waals surface area contributed by atoms with Crippen molar-refractivity contribution < 1.29 is 18.9 Å². The first-order valence-corrected chi connectivity index (χ1v) is 14.0. The van der Waals surface area contributed by atoms with E-state index in [4.69, 9.17) is 18.9 Å². The first-order valence-electron chi connectivity index (χ1n) is 14.0. The molecule has 204 valence electrons. The van der Waals surface area contributed by atoms with E-state index < -0.39 is 0 Å². The molecule has 1 aliphatic heterocycles. The molecule has 5 rings (SSSR count). The van der Waals surface area contributed by atoms with Gasteiger partial charge >= 0.3 is 0 Å². The average molecular weight is 526 g/mol. The summed E-state index contributed by atoms with van der Waals surface area (Å²) in [4.78, 5) is 0. The molecule has 5 heteroatoms. The Balaban J connectivity index is 1.19. The Morgan fingerprint density at radius 3 is 2.36 bits per heavy atom. The molecular formula is C34H39NO4. The minimum absolute atomic E-state index is 0.0608. The molecule has 0 bridgehead atoms. The van der Waals surface area contributed by atoms with Crippen LogP contribution in [-0.2, 0) is 17.8 Å². The molecule has 0 saturated carbocycles. The van der Waals surface area contributed by atoms with Crippen molar-refractivity contribution in [2.45, 2.75) is 44.3 Å². The van der Waals surface area contributed by atoms with E-state index in [-0.39, 0.29) is 6.10 Å². The lowest BCUT2D eigenvalue weighted by Crippen LogP contribution is -2.41. The van der Waals surface area contributed by atoms with Gasteiger partial charge < -0.3 is 24.3 Å². The first kappa shape index (κ1) is 27.0. The van der Waals surface area contributed by atoms with Crippen LogP contribution < -0.4 is 19.5 Å². The molecule has 39 heavy (non-hydrogen) atoms. The van der Waals surface area contributed by atoms with Crippen LogP contribution in [0.3, 0.4) is 0 Å². The number of unbranched alkanes of at least 4 members (excludes halogenated alkanes) is 1. The van der Waals surface area contributed by atoms with E-state index in [1.165, 1.54) is 11.1 Å². The van der Waals surface area contributed by atoms with Gasteiger partial charge in [0.15, 0.2) is 0 Å². The quantitative estimate of drug-likeness (QED) is 0.204. The SMILES string of the molecule is COc1cc(COC2CNCCC2c2ccc(OCCCCc3ccccc3)cc2)c(OC)c2ccccc12. The van der Waals surface area contributed by atoms with Crippen molar-refractivity contribution in [3.05, 3.63) is 102 Å². The number of nitrogens with one attached hydrogen (secondary N) is 1. The molecule has 0 aliphatic carbocycles. The number of benzene rings is 4. The first-order chi connectivity index (χ1) is 19.3. The third-order valence-corrected chi connectivity index (χ3v) is 7.62. The fourth-order valence-corrected chi connectivity index (χ4v) is 5.55.